The van der Waals surface area contributed by atoms with Gasteiger partial charge in [-0.2, -0.15) is 0 Å². The maximum Gasteiger partial charge on any atom is 0.116 e. The molecule has 0 saturated carbocycles. The second kappa shape index (κ2) is 9.61. The summed E-state index contributed by atoms with van der Waals surface area (Å²) in [5.41, 5.74) is 7.85. The van der Waals surface area contributed by atoms with Crippen molar-refractivity contribution in [2.24, 2.45) is 0 Å². The van der Waals surface area contributed by atoms with Gasteiger partial charge in [0.1, 0.15) is 12.7 Å². The monoisotopic (exact) mass is 408 g/mol. The summed E-state index contributed by atoms with van der Waals surface area (Å²) < 4.78 is 0. The molecule has 0 amide bonds. The first-order valence-corrected chi connectivity index (χ1v) is 10.9. The molecule has 4 aromatic rings. The maximum absolute atomic E-state index is 4.54. The van der Waals surface area contributed by atoms with E-state index in [1.54, 1.807) is 12.7 Å². The molecule has 0 spiro atoms. The molecule has 0 fully saturated rings. The van der Waals surface area contributed by atoms with Gasteiger partial charge in [0.25, 0.3) is 0 Å². The topological polar surface area (TPSA) is 51.6 Å². The van der Waals surface area contributed by atoms with Crippen molar-refractivity contribution >= 4 is 0 Å². The van der Waals surface area contributed by atoms with Crippen molar-refractivity contribution in [3.63, 3.8) is 0 Å². The summed E-state index contributed by atoms with van der Waals surface area (Å²) in [5.74, 6) is 0.710. The van der Waals surface area contributed by atoms with Gasteiger partial charge in [-0.15, -0.1) is 0 Å². The van der Waals surface area contributed by atoms with Gasteiger partial charge < -0.3 is 0 Å². The highest BCUT2D eigenvalue weighted by Crippen LogP contribution is 2.29. The zero-order valence-electron chi connectivity index (χ0n) is 18.4. The van der Waals surface area contributed by atoms with Crippen molar-refractivity contribution in [1.29, 1.82) is 0 Å². The average Bonchev–Trinajstić information content (AvgIpc) is 2.84. The van der Waals surface area contributed by atoms with Gasteiger partial charge in [0.15, 0.2) is 0 Å². The molecule has 0 bridgehead atoms. The molecule has 4 heteroatoms. The summed E-state index contributed by atoms with van der Waals surface area (Å²) >= 11 is 0. The molecule has 0 aliphatic carbocycles. The second-order valence-electron chi connectivity index (χ2n) is 8.13. The Morgan fingerprint density at radius 1 is 0.774 bits per heavy atom. The fourth-order valence-electron chi connectivity index (χ4n) is 3.83. The minimum Gasteiger partial charge on any atom is -0.244 e. The predicted octanol–water partition coefficient (Wildman–Crippen LogP) is 6.46. The van der Waals surface area contributed by atoms with Crippen LogP contribution in [0.25, 0.3) is 22.4 Å². The van der Waals surface area contributed by atoms with E-state index >= 15 is 0 Å². The van der Waals surface area contributed by atoms with E-state index in [1.807, 2.05) is 24.4 Å². The molecule has 156 valence electrons. The molecule has 4 nitrogen and oxygen atoms in total. The predicted molar refractivity (Wildman–Crippen MR) is 126 cm³/mol. The fourth-order valence-corrected chi connectivity index (χ4v) is 3.83. The van der Waals surface area contributed by atoms with Crippen molar-refractivity contribution in [3.05, 3.63) is 96.5 Å². The van der Waals surface area contributed by atoms with E-state index in [-0.39, 0.29) is 0 Å². The van der Waals surface area contributed by atoms with Crippen LogP contribution in [0.15, 0.2) is 79.5 Å². The number of rotatable bonds is 7. The van der Waals surface area contributed by atoms with Crippen molar-refractivity contribution in [1.82, 2.24) is 19.9 Å². The van der Waals surface area contributed by atoms with E-state index in [4.69, 9.17) is 0 Å². The van der Waals surface area contributed by atoms with Crippen LogP contribution in [0.1, 0.15) is 56.0 Å². The first kappa shape index (κ1) is 20.9. The zero-order chi connectivity index (χ0) is 21.6. The Morgan fingerprint density at radius 2 is 1.55 bits per heavy atom. The van der Waals surface area contributed by atoms with Crippen LogP contribution in [0.3, 0.4) is 0 Å². The van der Waals surface area contributed by atoms with Crippen LogP contribution in [0, 0.1) is 0 Å². The third-order valence-electron chi connectivity index (χ3n) is 5.89. The first-order chi connectivity index (χ1) is 15.2. The van der Waals surface area contributed by atoms with E-state index in [2.05, 4.69) is 83.2 Å². The lowest BCUT2D eigenvalue weighted by atomic mass is 9.93. The highest BCUT2D eigenvalue weighted by molar-refractivity contribution is 5.66. The number of hydrogen-bond acceptors (Lipinski definition) is 4. The van der Waals surface area contributed by atoms with Crippen LogP contribution in [0.4, 0.5) is 0 Å². The molecular weight excluding hydrogens is 380 g/mol. The summed E-state index contributed by atoms with van der Waals surface area (Å²) in [6.07, 6.45) is 7.23. The summed E-state index contributed by atoms with van der Waals surface area (Å²) in [5, 5.41) is 0. The summed E-state index contributed by atoms with van der Waals surface area (Å²) in [7, 11) is 0. The van der Waals surface area contributed by atoms with Gasteiger partial charge >= 0.3 is 0 Å². The fraction of sp³-hybridized carbons (Fsp3) is 0.259. The van der Waals surface area contributed by atoms with Gasteiger partial charge in [-0.3, -0.25) is 0 Å². The largest absolute Gasteiger partial charge is 0.244 e. The Kier molecular flexibility index (Phi) is 6.46. The van der Waals surface area contributed by atoms with E-state index in [0.29, 0.717) is 11.8 Å². The Labute approximate surface area is 184 Å². The van der Waals surface area contributed by atoms with Gasteiger partial charge in [-0.25, -0.2) is 19.9 Å². The maximum atomic E-state index is 4.54. The zero-order valence-corrected chi connectivity index (χ0v) is 18.4. The molecule has 4 rings (SSSR count). The molecule has 2 atom stereocenters. The van der Waals surface area contributed by atoms with Crippen LogP contribution >= 0.6 is 0 Å². The number of hydrogen-bond donors (Lipinski definition) is 0. The van der Waals surface area contributed by atoms with Crippen molar-refractivity contribution < 1.29 is 0 Å². The van der Waals surface area contributed by atoms with E-state index < -0.39 is 0 Å². The minimum absolute atomic E-state index is 0.298. The lowest BCUT2D eigenvalue weighted by molar-refractivity contribution is 0.706. The highest BCUT2D eigenvalue weighted by Gasteiger charge is 2.14. The van der Waals surface area contributed by atoms with Crippen LogP contribution < -0.4 is 0 Å². The Balaban J connectivity index is 1.51. The minimum atomic E-state index is 0.298. The van der Waals surface area contributed by atoms with Crippen molar-refractivity contribution in [2.45, 2.75) is 45.4 Å². The Bertz CT molecular complexity index is 1120. The molecule has 2 heterocycles. The molecule has 0 radical (unpaired) electrons. The second-order valence-corrected chi connectivity index (χ2v) is 8.13. The van der Waals surface area contributed by atoms with Crippen molar-refractivity contribution in [2.75, 3.05) is 0 Å². The van der Waals surface area contributed by atoms with E-state index in [9.17, 15) is 0 Å². The van der Waals surface area contributed by atoms with Crippen LogP contribution in [0.2, 0.25) is 0 Å². The Morgan fingerprint density at radius 3 is 2.29 bits per heavy atom. The van der Waals surface area contributed by atoms with E-state index in [1.165, 1.54) is 11.1 Å². The molecule has 2 aromatic heterocycles. The number of benzene rings is 2. The first-order valence-electron chi connectivity index (χ1n) is 10.9. The van der Waals surface area contributed by atoms with E-state index in [0.717, 1.165) is 41.1 Å². The molecule has 0 aliphatic heterocycles. The van der Waals surface area contributed by atoms with Crippen LogP contribution in [-0.4, -0.2) is 19.9 Å². The molecule has 0 saturated heterocycles. The highest BCUT2D eigenvalue weighted by atomic mass is 14.8. The van der Waals surface area contributed by atoms with Crippen LogP contribution in [-0.2, 0) is 6.42 Å². The van der Waals surface area contributed by atoms with Gasteiger partial charge in [0.2, 0.25) is 0 Å². The lowest BCUT2D eigenvalue weighted by Crippen LogP contribution is -2.03. The number of nitrogens with zero attached hydrogens (tertiary/aromatic N) is 4. The summed E-state index contributed by atoms with van der Waals surface area (Å²) in [6.45, 7) is 6.63. The molecule has 31 heavy (non-hydrogen) atoms. The van der Waals surface area contributed by atoms with Crippen molar-refractivity contribution in [3.8, 4) is 22.4 Å². The van der Waals surface area contributed by atoms with Gasteiger partial charge in [0, 0.05) is 28.9 Å². The molecular formula is C27H28N4. The Hall–Kier alpha value is -3.40. The average molecular weight is 409 g/mol. The standard InChI is InChI=1S/C27H28N4/c1-4-19(2)27-24(16-28-17-31-27)22-12-10-21(11-13-22)14-20(3)25-15-26(30-18-29-25)23-8-6-5-7-9-23/h5-13,15-20H,4,14H2,1-3H3. The molecule has 2 aromatic carbocycles. The number of aromatic nitrogens is 4. The summed E-state index contributed by atoms with van der Waals surface area (Å²) in [4.78, 5) is 17.8. The molecule has 0 N–H and O–H groups in total. The third-order valence-corrected chi connectivity index (χ3v) is 5.89. The smallest absolute Gasteiger partial charge is 0.116 e. The van der Waals surface area contributed by atoms with Gasteiger partial charge in [0.05, 0.1) is 11.4 Å². The molecule has 0 aliphatic rings. The summed E-state index contributed by atoms with van der Waals surface area (Å²) in [6, 6.07) is 21.1. The molecule has 2 unspecified atom stereocenters. The quantitative estimate of drug-likeness (QED) is 0.352. The van der Waals surface area contributed by atoms with Gasteiger partial charge in [-0.1, -0.05) is 75.4 Å². The normalized spacial score (nSPS) is 13.0. The van der Waals surface area contributed by atoms with Crippen LogP contribution in [0.5, 0.6) is 0 Å². The van der Waals surface area contributed by atoms with Gasteiger partial charge in [-0.05, 0) is 36.0 Å². The third kappa shape index (κ3) is 4.85. The SMILES string of the molecule is CCC(C)c1ncncc1-c1ccc(CC(C)c2cc(-c3ccccc3)ncn2)cc1. The lowest BCUT2D eigenvalue weighted by Gasteiger charge is -2.15.